The molecule has 2 N–H and O–H groups in total. The smallest absolute Gasteiger partial charge is 0.143 e. The van der Waals surface area contributed by atoms with Crippen molar-refractivity contribution >= 4 is 21.7 Å². The van der Waals surface area contributed by atoms with E-state index in [-0.39, 0.29) is 0 Å². The Bertz CT molecular complexity index is 524. The Balaban J connectivity index is 2.00. The zero-order valence-electron chi connectivity index (χ0n) is 9.84. The number of nitrogens with two attached hydrogens (primary N) is 1. The summed E-state index contributed by atoms with van der Waals surface area (Å²) in [7, 11) is 2.14. The minimum absolute atomic E-state index is 0.309. The quantitative estimate of drug-likeness (QED) is 0.836. The molecule has 17 heavy (non-hydrogen) atoms. The fraction of sp³-hybridized carbons (Fsp3) is 0.500. The molecule has 2 aromatic heterocycles. The van der Waals surface area contributed by atoms with Crippen molar-refractivity contribution in [3.05, 3.63) is 23.3 Å². The molecule has 3 rings (SSSR count). The van der Waals surface area contributed by atoms with E-state index in [1.165, 1.54) is 5.56 Å². The van der Waals surface area contributed by atoms with Crippen LogP contribution in [0.3, 0.4) is 0 Å². The van der Waals surface area contributed by atoms with Crippen LogP contribution in [-0.4, -0.2) is 34.5 Å². The monoisotopic (exact) mass is 248 g/mol. The third kappa shape index (κ3) is 1.94. The van der Waals surface area contributed by atoms with E-state index in [1.54, 1.807) is 11.3 Å². The number of likely N-dealkylation sites (N-methyl/N-ethyl adjacent to an activating group) is 1. The van der Waals surface area contributed by atoms with Gasteiger partial charge in [0.2, 0.25) is 0 Å². The van der Waals surface area contributed by atoms with E-state index >= 15 is 0 Å². The van der Waals surface area contributed by atoms with Crippen molar-refractivity contribution in [3.63, 3.8) is 0 Å². The molecule has 0 radical (unpaired) electrons. The first-order valence-electron chi connectivity index (χ1n) is 5.89. The van der Waals surface area contributed by atoms with Gasteiger partial charge in [0.15, 0.2) is 0 Å². The van der Waals surface area contributed by atoms with Crippen molar-refractivity contribution < 1.29 is 0 Å². The number of rotatable bonds is 1. The molecule has 90 valence electrons. The number of hydrogen-bond donors (Lipinski definition) is 1. The summed E-state index contributed by atoms with van der Waals surface area (Å²) in [6.07, 6.45) is 4.08. The SMILES string of the molecule is CN1CC(N)CCC1c1ccnc2scnc12. The molecule has 0 saturated carbocycles. The first-order valence-corrected chi connectivity index (χ1v) is 6.77. The van der Waals surface area contributed by atoms with Gasteiger partial charge in [-0.05, 0) is 31.5 Å². The van der Waals surface area contributed by atoms with Crippen LogP contribution in [0.1, 0.15) is 24.4 Å². The molecule has 1 saturated heterocycles. The summed E-state index contributed by atoms with van der Waals surface area (Å²) in [5.41, 5.74) is 10.2. The van der Waals surface area contributed by atoms with Crippen molar-refractivity contribution in [2.24, 2.45) is 5.73 Å². The Hall–Kier alpha value is -1.04. The maximum Gasteiger partial charge on any atom is 0.143 e. The zero-order chi connectivity index (χ0) is 11.8. The lowest BCUT2D eigenvalue weighted by atomic mass is 9.94. The van der Waals surface area contributed by atoms with Gasteiger partial charge in [0.25, 0.3) is 0 Å². The zero-order valence-corrected chi connectivity index (χ0v) is 10.7. The predicted octanol–water partition coefficient (Wildman–Crippen LogP) is 1.79. The van der Waals surface area contributed by atoms with Gasteiger partial charge in [0.1, 0.15) is 10.3 Å². The molecule has 1 fully saturated rings. The van der Waals surface area contributed by atoms with Gasteiger partial charge in [-0.15, -0.1) is 11.3 Å². The Morgan fingerprint density at radius 3 is 3.12 bits per heavy atom. The summed E-state index contributed by atoms with van der Waals surface area (Å²) < 4.78 is 0. The molecule has 1 aliphatic rings. The van der Waals surface area contributed by atoms with Gasteiger partial charge in [0.05, 0.1) is 5.51 Å². The van der Waals surface area contributed by atoms with Crippen molar-refractivity contribution in [1.29, 1.82) is 0 Å². The number of fused-ring (bicyclic) bond motifs is 1. The molecule has 0 aromatic carbocycles. The van der Waals surface area contributed by atoms with Crippen molar-refractivity contribution in [2.75, 3.05) is 13.6 Å². The highest BCUT2D eigenvalue weighted by molar-refractivity contribution is 7.16. The Kier molecular flexibility index (Phi) is 2.82. The van der Waals surface area contributed by atoms with Crippen LogP contribution >= 0.6 is 11.3 Å². The number of likely N-dealkylation sites (tertiary alicyclic amines) is 1. The lowest BCUT2D eigenvalue weighted by Gasteiger charge is -2.36. The molecule has 0 bridgehead atoms. The van der Waals surface area contributed by atoms with Crippen LogP contribution < -0.4 is 5.73 Å². The molecule has 4 nitrogen and oxygen atoms in total. The summed E-state index contributed by atoms with van der Waals surface area (Å²) in [4.78, 5) is 12.2. The Morgan fingerprint density at radius 2 is 2.29 bits per heavy atom. The van der Waals surface area contributed by atoms with E-state index in [0.717, 1.165) is 29.7 Å². The van der Waals surface area contributed by atoms with Gasteiger partial charge in [-0.2, -0.15) is 0 Å². The molecule has 3 heterocycles. The van der Waals surface area contributed by atoms with E-state index in [1.807, 2.05) is 11.7 Å². The van der Waals surface area contributed by atoms with E-state index < -0.39 is 0 Å². The molecule has 1 aliphatic heterocycles. The predicted molar refractivity (Wildman–Crippen MR) is 70.0 cm³/mol. The molecule has 0 amide bonds. The maximum absolute atomic E-state index is 5.99. The first kappa shape index (κ1) is 11.1. The van der Waals surface area contributed by atoms with E-state index in [0.29, 0.717) is 12.1 Å². The highest BCUT2D eigenvalue weighted by Gasteiger charge is 2.26. The lowest BCUT2D eigenvalue weighted by molar-refractivity contribution is 0.170. The molecule has 0 aliphatic carbocycles. The summed E-state index contributed by atoms with van der Waals surface area (Å²) >= 11 is 1.60. The van der Waals surface area contributed by atoms with Crippen LogP contribution in [0.4, 0.5) is 0 Å². The summed E-state index contributed by atoms with van der Waals surface area (Å²) in [5.74, 6) is 0. The fourth-order valence-corrected chi connectivity index (χ4v) is 3.30. The highest BCUT2D eigenvalue weighted by atomic mass is 32.1. The normalized spacial score (nSPS) is 26.5. The van der Waals surface area contributed by atoms with Crippen LogP contribution in [0, 0.1) is 0 Å². The van der Waals surface area contributed by atoms with Crippen molar-refractivity contribution in [1.82, 2.24) is 14.9 Å². The van der Waals surface area contributed by atoms with Crippen LogP contribution in [-0.2, 0) is 0 Å². The topological polar surface area (TPSA) is 55.0 Å². The Labute approximate surface area is 104 Å². The van der Waals surface area contributed by atoms with Gasteiger partial charge in [-0.1, -0.05) is 0 Å². The minimum Gasteiger partial charge on any atom is -0.327 e. The molecular formula is C12H16N4S. The van der Waals surface area contributed by atoms with Crippen LogP contribution in [0.2, 0.25) is 0 Å². The van der Waals surface area contributed by atoms with E-state index in [9.17, 15) is 0 Å². The van der Waals surface area contributed by atoms with Gasteiger partial charge < -0.3 is 5.73 Å². The van der Waals surface area contributed by atoms with Gasteiger partial charge >= 0.3 is 0 Å². The number of pyridine rings is 1. The number of thiazole rings is 1. The number of hydrogen-bond acceptors (Lipinski definition) is 5. The summed E-state index contributed by atoms with van der Waals surface area (Å²) in [5, 5.41) is 0. The third-order valence-electron chi connectivity index (χ3n) is 3.49. The van der Waals surface area contributed by atoms with Crippen molar-refractivity contribution in [3.8, 4) is 0 Å². The summed E-state index contributed by atoms with van der Waals surface area (Å²) in [6.45, 7) is 0.957. The summed E-state index contributed by atoms with van der Waals surface area (Å²) in [6, 6.07) is 2.84. The lowest BCUT2D eigenvalue weighted by Crippen LogP contribution is -2.42. The standard InChI is InChI=1S/C12H16N4S/c1-16-6-8(13)2-3-10(16)9-4-5-14-12-11(9)15-7-17-12/h4-5,7-8,10H,2-3,6,13H2,1H3. The van der Waals surface area contributed by atoms with E-state index in [4.69, 9.17) is 5.73 Å². The largest absolute Gasteiger partial charge is 0.327 e. The number of nitrogens with zero attached hydrogens (tertiary/aromatic N) is 3. The van der Waals surface area contributed by atoms with Gasteiger partial charge in [0, 0.05) is 24.8 Å². The minimum atomic E-state index is 0.309. The third-order valence-corrected chi connectivity index (χ3v) is 4.23. The molecule has 2 unspecified atom stereocenters. The molecule has 5 heteroatoms. The average molecular weight is 248 g/mol. The fourth-order valence-electron chi connectivity index (χ4n) is 2.64. The van der Waals surface area contributed by atoms with Gasteiger partial charge in [-0.3, -0.25) is 4.90 Å². The van der Waals surface area contributed by atoms with Crippen molar-refractivity contribution in [2.45, 2.75) is 24.9 Å². The van der Waals surface area contributed by atoms with Crippen LogP contribution in [0.25, 0.3) is 10.3 Å². The second-order valence-electron chi connectivity index (χ2n) is 4.70. The Morgan fingerprint density at radius 1 is 1.41 bits per heavy atom. The highest BCUT2D eigenvalue weighted by Crippen LogP contribution is 2.33. The molecule has 2 aromatic rings. The maximum atomic E-state index is 5.99. The average Bonchev–Trinajstić information content (AvgIpc) is 2.77. The second kappa shape index (κ2) is 4.33. The number of piperidine rings is 1. The van der Waals surface area contributed by atoms with E-state index in [2.05, 4.69) is 28.0 Å². The van der Waals surface area contributed by atoms with Crippen LogP contribution in [0.15, 0.2) is 17.8 Å². The van der Waals surface area contributed by atoms with Gasteiger partial charge in [-0.25, -0.2) is 9.97 Å². The molecule has 0 spiro atoms. The molecule has 2 atom stereocenters. The molecular weight excluding hydrogens is 232 g/mol. The van der Waals surface area contributed by atoms with Crippen LogP contribution in [0.5, 0.6) is 0 Å². The number of aromatic nitrogens is 2. The second-order valence-corrected chi connectivity index (χ2v) is 5.53. The first-order chi connectivity index (χ1) is 8.25.